The Kier molecular flexibility index (Phi) is 9.36. The summed E-state index contributed by atoms with van der Waals surface area (Å²) < 4.78 is 27.5. The molecule has 1 fully saturated rings. The summed E-state index contributed by atoms with van der Waals surface area (Å²) in [5, 5.41) is 0.515. The van der Waals surface area contributed by atoms with Crippen LogP contribution in [0.25, 0.3) is 0 Å². The number of aromatic nitrogens is 1. The van der Waals surface area contributed by atoms with Crippen molar-refractivity contribution in [3.63, 3.8) is 0 Å². The van der Waals surface area contributed by atoms with Crippen molar-refractivity contribution in [3.8, 4) is 0 Å². The normalized spacial score (nSPS) is 22.1. The molecule has 1 aliphatic heterocycles. The number of nitrogens with one attached hydrogen (secondary N) is 2. The van der Waals surface area contributed by atoms with Crippen LogP contribution in [-0.4, -0.2) is 62.6 Å². The molecule has 4 atom stereocenters. The van der Waals surface area contributed by atoms with Crippen LogP contribution < -0.4 is 15.1 Å². The quantitative estimate of drug-likeness (QED) is 0.342. The Morgan fingerprint density at radius 2 is 1.84 bits per heavy atom. The molecule has 10 nitrogen and oxygen atoms in total. The zero-order valence-corrected chi connectivity index (χ0v) is 25.9. The monoisotopic (exact) mass is 625 g/mol. The second-order valence-corrected chi connectivity index (χ2v) is 13.5. The number of amides is 2. The lowest BCUT2D eigenvalue weighted by Gasteiger charge is -2.49. The van der Waals surface area contributed by atoms with Gasteiger partial charge in [0, 0.05) is 48.6 Å². The molecule has 5 rings (SSSR count). The van der Waals surface area contributed by atoms with Gasteiger partial charge in [-0.05, 0) is 66.4 Å². The fourth-order valence-corrected chi connectivity index (χ4v) is 7.07. The SMILES string of the molecule is CN(C)c1ccc2c(c1)[C@@H](C(=O)NOCc1ccccn1)[C@H](c1ccc(Cl)cc1)N(C1CCCC[C@@H]1NS(C)(=O)=O)C2=O. The molecule has 2 heterocycles. The van der Waals surface area contributed by atoms with E-state index in [4.69, 9.17) is 16.4 Å². The molecule has 1 aliphatic carbocycles. The second-order valence-electron chi connectivity index (χ2n) is 11.3. The molecule has 0 saturated heterocycles. The molecule has 228 valence electrons. The van der Waals surface area contributed by atoms with E-state index in [1.807, 2.05) is 49.3 Å². The summed E-state index contributed by atoms with van der Waals surface area (Å²) in [5.41, 5.74) is 5.75. The van der Waals surface area contributed by atoms with Crippen LogP contribution in [0.5, 0.6) is 0 Å². The molecule has 1 aromatic heterocycles. The lowest BCUT2D eigenvalue weighted by molar-refractivity contribution is -0.138. The first-order valence-corrected chi connectivity index (χ1v) is 16.5. The van der Waals surface area contributed by atoms with Crippen LogP contribution in [-0.2, 0) is 26.3 Å². The Morgan fingerprint density at radius 1 is 1.09 bits per heavy atom. The highest BCUT2D eigenvalue weighted by molar-refractivity contribution is 7.88. The third-order valence-electron chi connectivity index (χ3n) is 8.03. The van der Waals surface area contributed by atoms with Gasteiger partial charge < -0.3 is 9.80 Å². The number of fused-ring (bicyclic) bond motifs is 1. The number of carbonyl (C=O) groups is 2. The molecule has 1 saturated carbocycles. The first-order valence-electron chi connectivity index (χ1n) is 14.2. The summed E-state index contributed by atoms with van der Waals surface area (Å²) in [6.45, 7) is 0.0567. The van der Waals surface area contributed by atoms with E-state index in [-0.39, 0.29) is 12.5 Å². The highest BCUT2D eigenvalue weighted by atomic mass is 35.5. The highest BCUT2D eigenvalue weighted by Gasteiger charge is 2.49. The predicted molar refractivity (Wildman–Crippen MR) is 165 cm³/mol. The Morgan fingerprint density at radius 3 is 2.51 bits per heavy atom. The van der Waals surface area contributed by atoms with Gasteiger partial charge in [-0.1, -0.05) is 42.6 Å². The zero-order valence-electron chi connectivity index (χ0n) is 24.4. The smallest absolute Gasteiger partial charge is 0.255 e. The molecule has 0 bridgehead atoms. The van der Waals surface area contributed by atoms with Crippen LogP contribution in [0.3, 0.4) is 0 Å². The van der Waals surface area contributed by atoms with Crippen molar-refractivity contribution in [2.24, 2.45) is 0 Å². The van der Waals surface area contributed by atoms with Gasteiger partial charge in [0.1, 0.15) is 6.61 Å². The first kappa shape index (κ1) is 30.9. The maximum absolute atomic E-state index is 14.5. The van der Waals surface area contributed by atoms with Crippen molar-refractivity contribution in [1.29, 1.82) is 0 Å². The average molecular weight is 626 g/mol. The maximum atomic E-state index is 14.5. The Balaban J connectivity index is 1.62. The van der Waals surface area contributed by atoms with Crippen molar-refractivity contribution in [2.45, 2.75) is 56.3 Å². The van der Waals surface area contributed by atoms with Gasteiger partial charge >= 0.3 is 0 Å². The Bertz CT molecular complexity index is 1570. The van der Waals surface area contributed by atoms with Crippen molar-refractivity contribution < 1.29 is 22.8 Å². The minimum absolute atomic E-state index is 0.0567. The molecule has 2 aromatic carbocycles. The summed E-state index contributed by atoms with van der Waals surface area (Å²) in [7, 11) is 0.225. The van der Waals surface area contributed by atoms with Crippen molar-refractivity contribution in [1.82, 2.24) is 20.1 Å². The van der Waals surface area contributed by atoms with Crippen LogP contribution >= 0.6 is 11.6 Å². The van der Waals surface area contributed by atoms with Gasteiger partial charge in [0.2, 0.25) is 10.0 Å². The number of nitrogens with zero attached hydrogens (tertiary/aromatic N) is 3. The topological polar surface area (TPSA) is 121 Å². The minimum Gasteiger partial charge on any atom is -0.378 e. The molecule has 2 N–H and O–H groups in total. The number of hydrogen-bond donors (Lipinski definition) is 2. The lowest BCUT2D eigenvalue weighted by atomic mass is 9.76. The van der Waals surface area contributed by atoms with Crippen LogP contribution in [0.1, 0.15) is 64.8 Å². The van der Waals surface area contributed by atoms with Crippen molar-refractivity contribution >= 4 is 39.1 Å². The number of hydroxylamine groups is 1. The number of anilines is 1. The molecule has 1 unspecified atom stereocenters. The average Bonchev–Trinajstić information content (AvgIpc) is 2.97. The van der Waals surface area contributed by atoms with Crippen molar-refractivity contribution in [3.05, 3.63) is 94.3 Å². The Hall–Kier alpha value is -3.51. The van der Waals surface area contributed by atoms with Gasteiger partial charge in [-0.15, -0.1) is 0 Å². The molecule has 3 aromatic rings. The number of pyridine rings is 1. The van der Waals surface area contributed by atoms with E-state index in [0.29, 0.717) is 40.2 Å². The van der Waals surface area contributed by atoms with E-state index in [2.05, 4.69) is 15.2 Å². The highest BCUT2D eigenvalue weighted by Crippen LogP contribution is 2.47. The molecule has 12 heteroatoms. The van der Waals surface area contributed by atoms with E-state index in [1.54, 1.807) is 41.4 Å². The predicted octanol–water partition coefficient (Wildman–Crippen LogP) is 4.19. The number of hydrogen-bond acceptors (Lipinski definition) is 7. The summed E-state index contributed by atoms with van der Waals surface area (Å²) in [6.07, 6.45) is 5.57. The molecular formula is C31H36ClN5O5S. The summed E-state index contributed by atoms with van der Waals surface area (Å²) in [5.74, 6) is -1.57. The molecule has 0 spiro atoms. The van der Waals surface area contributed by atoms with Crippen LogP contribution in [0, 0.1) is 0 Å². The fourth-order valence-electron chi connectivity index (χ4n) is 6.12. The van der Waals surface area contributed by atoms with Gasteiger partial charge in [-0.2, -0.15) is 0 Å². The molecule has 0 radical (unpaired) electrons. The molecular weight excluding hydrogens is 590 g/mol. The van der Waals surface area contributed by atoms with Gasteiger partial charge in [0.25, 0.3) is 11.8 Å². The molecule has 2 aliphatic rings. The van der Waals surface area contributed by atoms with Gasteiger partial charge in [0.15, 0.2) is 0 Å². The largest absolute Gasteiger partial charge is 0.378 e. The van der Waals surface area contributed by atoms with E-state index in [9.17, 15) is 18.0 Å². The Labute approximate surface area is 257 Å². The van der Waals surface area contributed by atoms with Gasteiger partial charge in [0.05, 0.1) is 23.9 Å². The third-order valence-corrected chi connectivity index (χ3v) is 9.02. The fraction of sp³-hybridized carbons (Fsp3) is 0.387. The summed E-state index contributed by atoms with van der Waals surface area (Å²) in [4.78, 5) is 42.2. The van der Waals surface area contributed by atoms with E-state index < -0.39 is 40.0 Å². The second kappa shape index (κ2) is 13.0. The lowest BCUT2D eigenvalue weighted by Crippen LogP contribution is -2.59. The number of sulfonamides is 1. The molecule has 2 amide bonds. The molecule has 43 heavy (non-hydrogen) atoms. The number of halogens is 1. The van der Waals surface area contributed by atoms with Crippen molar-refractivity contribution in [2.75, 3.05) is 25.3 Å². The van der Waals surface area contributed by atoms with Gasteiger partial charge in [-0.3, -0.25) is 19.4 Å². The third kappa shape index (κ3) is 7.01. The van der Waals surface area contributed by atoms with Crippen LogP contribution in [0.15, 0.2) is 66.9 Å². The number of rotatable bonds is 9. The van der Waals surface area contributed by atoms with Gasteiger partial charge in [-0.25, -0.2) is 18.6 Å². The zero-order chi connectivity index (χ0) is 30.7. The van der Waals surface area contributed by atoms with Crippen LogP contribution in [0.4, 0.5) is 5.69 Å². The number of carbonyl (C=O) groups excluding carboxylic acids is 2. The van der Waals surface area contributed by atoms with Crippen LogP contribution in [0.2, 0.25) is 5.02 Å². The van der Waals surface area contributed by atoms with E-state index >= 15 is 0 Å². The first-order chi connectivity index (χ1) is 20.5. The number of benzene rings is 2. The minimum atomic E-state index is -3.56. The van der Waals surface area contributed by atoms with E-state index in [0.717, 1.165) is 24.8 Å². The standard InChI is InChI=1S/C31H36ClN5O5S/c1-36(2)23-15-16-24-25(18-23)28(30(38)34-42-19-22-8-6-7-17-33-22)29(20-11-13-21(32)14-12-20)37(31(24)39)27-10-5-4-9-26(27)35-43(3,40)41/h6-8,11-18,26-29,35H,4-5,9-10,19H2,1-3H3,(H,34,38)/t26-,27?,28+,29-/m0/s1. The maximum Gasteiger partial charge on any atom is 0.255 e. The summed E-state index contributed by atoms with van der Waals surface area (Å²) in [6, 6.07) is 16.2. The summed E-state index contributed by atoms with van der Waals surface area (Å²) >= 11 is 6.25. The van der Waals surface area contributed by atoms with E-state index in [1.165, 1.54) is 0 Å².